The minimum absolute atomic E-state index is 0. The lowest BCUT2D eigenvalue weighted by Crippen LogP contribution is -1.88. The maximum absolute atomic E-state index is 4.92. The summed E-state index contributed by atoms with van der Waals surface area (Å²) in [4.78, 5) is 0. The van der Waals surface area contributed by atoms with Gasteiger partial charge in [-0.2, -0.15) is 0 Å². The largest absolute Gasteiger partial charge is 0.510 e. The maximum atomic E-state index is 4.92. The molecule has 1 radical (unpaired) electrons. The van der Waals surface area contributed by atoms with Crippen LogP contribution >= 0.6 is 0 Å². The van der Waals surface area contributed by atoms with E-state index in [1.807, 2.05) is 0 Å². The SMILES string of the molecule is CCCCCC[O][AlH].O. The van der Waals surface area contributed by atoms with Gasteiger partial charge in [0.05, 0.1) is 0 Å². The van der Waals surface area contributed by atoms with Crippen molar-refractivity contribution in [3.05, 3.63) is 0 Å². The van der Waals surface area contributed by atoms with Crippen LogP contribution in [-0.4, -0.2) is 28.7 Å². The lowest BCUT2D eigenvalue weighted by molar-refractivity contribution is 0.334. The van der Waals surface area contributed by atoms with E-state index in [2.05, 4.69) is 6.92 Å². The summed E-state index contributed by atoms with van der Waals surface area (Å²) in [6.45, 7) is 3.16. The average Bonchev–Trinajstić information content (AvgIpc) is 1.81. The smallest absolute Gasteiger partial charge is 0.394 e. The van der Waals surface area contributed by atoms with E-state index in [1.165, 1.54) is 25.7 Å². The first-order chi connectivity index (χ1) is 3.91. The summed E-state index contributed by atoms with van der Waals surface area (Å²) in [6.07, 6.45) is 5.23. The quantitative estimate of drug-likeness (QED) is 0.414. The van der Waals surface area contributed by atoms with Crippen molar-refractivity contribution < 1.29 is 9.26 Å². The minimum atomic E-state index is 0. The van der Waals surface area contributed by atoms with Gasteiger partial charge in [-0.3, -0.25) is 0 Å². The van der Waals surface area contributed by atoms with Gasteiger partial charge in [-0.25, -0.2) is 0 Å². The van der Waals surface area contributed by atoms with Crippen LogP contribution in [0, 0.1) is 0 Å². The van der Waals surface area contributed by atoms with E-state index in [9.17, 15) is 0 Å². The first kappa shape index (κ1) is 12.2. The summed E-state index contributed by atoms with van der Waals surface area (Å²) in [6, 6.07) is 0. The second-order valence-corrected chi connectivity index (χ2v) is 2.38. The van der Waals surface area contributed by atoms with Crippen LogP contribution in [0.3, 0.4) is 0 Å². The molecular weight excluding hydrogens is 131 g/mol. The van der Waals surface area contributed by atoms with Crippen LogP contribution in [0.4, 0.5) is 0 Å². The molecule has 0 amide bonds. The monoisotopic (exact) mass is 147 g/mol. The van der Waals surface area contributed by atoms with Crippen molar-refractivity contribution in [2.45, 2.75) is 32.6 Å². The highest BCUT2D eigenvalue weighted by molar-refractivity contribution is 5.97. The summed E-state index contributed by atoms with van der Waals surface area (Å²) >= 11 is 1.59. The fraction of sp³-hybridized carbons (Fsp3) is 1.00. The number of hydrogen-bond acceptors (Lipinski definition) is 1. The molecular formula is C6H16AlO2. The van der Waals surface area contributed by atoms with Gasteiger partial charge < -0.3 is 9.26 Å². The Morgan fingerprint density at radius 2 is 1.89 bits per heavy atom. The fourth-order valence-corrected chi connectivity index (χ4v) is 0.835. The zero-order valence-corrected chi connectivity index (χ0v) is 7.57. The molecule has 0 spiro atoms. The first-order valence-corrected chi connectivity index (χ1v) is 3.86. The predicted molar refractivity (Wildman–Crippen MR) is 40.9 cm³/mol. The van der Waals surface area contributed by atoms with Gasteiger partial charge in [0.1, 0.15) is 0 Å². The molecule has 0 rings (SSSR count). The van der Waals surface area contributed by atoms with E-state index >= 15 is 0 Å². The van der Waals surface area contributed by atoms with Gasteiger partial charge in [-0.15, -0.1) is 0 Å². The second-order valence-electron chi connectivity index (χ2n) is 1.97. The molecule has 0 aliphatic heterocycles. The van der Waals surface area contributed by atoms with Crippen molar-refractivity contribution in [1.29, 1.82) is 0 Å². The van der Waals surface area contributed by atoms with Crippen LogP contribution in [0.2, 0.25) is 0 Å². The molecule has 0 aliphatic rings. The Morgan fingerprint density at radius 3 is 2.33 bits per heavy atom. The summed E-state index contributed by atoms with van der Waals surface area (Å²) in [5.41, 5.74) is 0. The molecule has 0 atom stereocenters. The van der Waals surface area contributed by atoms with Gasteiger partial charge in [0.2, 0.25) is 0 Å². The van der Waals surface area contributed by atoms with Crippen molar-refractivity contribution in [3.63, 3.8) is 0 Å². The number of unbranched alkanes of at least 4 members (excludes halogenated alkanes) is 3. The van der Waals surface area contributed by atoms with Crippen molar-refractivity contribution in [2.75, 3.05) is 6.61 Å². The lowest BCUT2D eigenvalue weighted by Gasteiger charge is -1.96. The lowest BCUT2D eigenvalue weighted by atomic mass is 10.2. The molecule has 0 heterocycles. The van der Waals surface area contributed by atoms with E-state index in [1.54, 1.807) is 16.6 Å². The van der Waals surface area contributed by atoms with Gasteiger partial charge >= 0.3 is 16.6 Å². The van der Waals surface area contributed by atoms with Crippen molar-refractivity contribution in [1.82, 2.24) is 0 Å². The number of rotatable bonds is 5. The highest BCUT2D eigenvalue weighted by Crippen LogP contribution is 1.97. The highest BCUT2D eigenvalue weighted by atomic mass is 27.1. The average molecular weight is 147 g/mol. The molecule has 2 N–H and O–H groups in total. The molecule has 9 heavy (non-hydrogen) atoms. The van der Waals surface area contributed by atoms with Gasteiger partial charge in [0, 0.05) is 6.61 Å². The summed E-state index contributed by atoms with van der Waals surface area (Å²) in [5, 5.41) is 0. The summed E-state index contributed by atoms with van der Waals surface area (Å²) < 4.78 is 4.92. The standard InChI is InChI=1S/C6H13O.Al.H2O.H/c1-2-3-4-5-6-7;;;/h2-6H2,1H3;;1H2;/q-1;+1;;. The Hall–Kier alpha value is 0.452. The maximum Gasteiger partial charge on any atom is 0.394 e. The third-order valence-corrected chi connectivity index (χ3v) is 1.43. The van der Waals surface area contributed by atoms with E-state index in [0.717, 1.165) is 6.61 Å². The van der Waals surface area contributed by atoms with E-state index in [4.69, 9.17) is 3.79 Å². The molecule has 55 valence electrons. The zero-order chi connectivity index (χ0) is 6.24. The topological polar surface area (TPSA) is 40.7 Å². The van der Waals surface area contributed by atoms with Gasteiger partial charge in [-0.05, 0) is 6.42 Å². The molecule has 0 bridgehead atoms. The van der Waals surface area contributed by atoms with Crippen LogP contribution in [0.15, 0.2) is 0 Å². The van der Waals surface area contributed by atoms with Crippen molar-refractivity contribution >= 4 is 16.6 Å². The Bertz CT molecular complexity index is 36.0. The zero-order valence-electron chi connectivity index (χ0n) is 6.15. The Kier molecular flexibility index (Phi) is 15.2. The van der Waals surface area contributed by atoms with Crippen molar-refractivity contribution in [2.24, 2.45) is 0 Å². The predicted octanol–water partition coefficient (Wildman–Crippen LogP) is 0.574. The summed E-state index contributed by atoms with van der Waals surface area (Å²) in [7, 11) is 0. The Morgan fingerprint density at radius 1 is 1.22 bits per heavy atom. The third-order valence-electron chi connectivity index (χ3n) is 1.14. The molecule has 0 fully saturated rings. The molecule has 0 aromatic carbocycles. The normalized spacial score (nSPS) is 8.56. The van der Waals surface area contributed by atoms with Gasteiger partial charge in [0.15, 0.2) is 0 Å². The van der Waals surface area contributed by atoms with Crippen LogP contribution in [0.25, 0.3) is 0 Å². The summed E-state index contributed by atoms with van der Waals surface area (Å²) in [5.74, 6) is 0. The van der Waals surface area contributed by atoms with Crippen molar-refractivity contribution in [3.8, 4) is 0 Å². The van der Waals surface area contributed by atoms with Crippen LogP contribution in [0.1, 0.15) is 32.6 Å². The highest BCUT2D eigenvalue weighted by Gasteiger charge is 1.82. The van der Waals surface area contributed by atoms with Crippen LogP contribution in [0.5, 0.6) is 0 Å². The molecule has 3 heteroatoms. The van der Waals surface area contributed by atoms with E-state index < -0.39 is 0 Å². The van der Waals surface area contributed by atoms with Gasteiger partial charge in [0.25, 0.3) is 0 Å². The molecule has 0 saturated carbocycles. The Labute approximate surface area is 65.7 Å². The second kappa shape index (κ2) is 11.3. The van der Waals surface area contributed by atoms with Gasteiger partial charge in [-0.1, -0.05) is 26.2 Å². The molecule has 0 aromatic heterocycles. The third kappa shape index (κ3) is 11.8. The molecule has 0 aromatic rings. The van der Waals surface area contributed by atoms with E-state index in [0.29, 0.717) is 0 Å². The molecule has 0 aliphatic carbocycles. The molecule has 2 nitrogen and oxygen atoms in total. The van der Waals surface area contributed by atoms with Crippen LogP contribution < -0.4 is 0 Å². The first-order valence-electron chi connectivity index (χ1n) is 3.28. The van der Waals surface area contributed by atoms with Crippen LogP contribution in [-0.2, 0) is 3.79 Å². The molecule has 0 saturated heterocycles. The fourth-order valence-electron chi connectivity index (χ4n) is 0.631. The Balaban J connectivity index is 0. The van der Waals surface area contributed by atoms with E-state index in [-0.39, 0.29) is 5.48 Å². The number of hydrogen-bond donors (Lipinski definition) is 0. The molecule has 0 unspecified atom stereocenters. The minimum Gasteiger partial charge on any atom is -0.510 e.